The molecule has 0 radical (unpaired) electrons. The summed E-state index contributed by atoms with van der Waals surface area (Å²) >= 11 is 12.8. The molecule has 1 atom stereocenters. The number of hydrogen-bond acceptors (Lipinski definition) is 5. The van der Waals surface area contributed by atoms with Crippen LogP contribution in [0.2, 0.25) is 10.0 Å². The number of halogens is 2. The summed E-state index contributed by atoms with van der Waals surface area (Å²) in [4.78, 5) is 28.1. The second-order valence-corrected chi connectivity index (χ2v) is 11.5. The lowest BCUT2D eigenvalue weighted by atomic mass is 10.1. The second kappa shape index (κ2) is 13.2. The van der Waals surface area contributed by atoms with Crippen molar-refractivity contribution < 1.29 is 22.7 Å². The summed E-state index contributed by atoms with van der Waals surface area (Å²) in [5.41, 5.74) is 1.68. The molecule has 208 valence electrons. The van der Waals surface area contributed by atoms with Crippen LogP contribution in [0.25, 0.3) is 0 Å². The number of nitrogens with one attached hydrogen (secondary N) is 1. The van der Waals surface area contributed by atoms with Crippen LogP contribution in [-0.2, 0) is 26.2 Å². The Kier molecular flexibility index (Phi) is 10.2. The van der Waals surface area contributed by atoms with E-state index in [4.69, 9.17) is 27.9 Å². The van der Waals surface area contributed by atoms with Crippen LogP contribution in [-0.4, -0.2) is 51.9 Å². The van der Waals surface area contributed by atoms with Crippen molar-refractivity contribution in [3.05, 3.63) is 87.9 Å². The van der Waals surface area contributed by atoms with Gasteiger partial charge in [0.25, 0.3) is 10.0 Å². The summed E-state index contributed by atoms with van der Waals surface area (Å²) in [5, 5.41) is 3.24. The Bertz CT molecular complexity index is 1390. The van der Waals surface area contributed by atoms with E-state index < -0.39 is 34.4 Å². The maximum atomic E-state index is 14.0. The van der Waals surface area contributed by atoms with Gasteiger partial charge in [0.15, 0.2) is 0 Å². The topological polar surface area (TPSA) is 96.0 Å². The number of rotatable bonds is 11. The highest BCUT2D eigenvalue weighted by Gasteiger charge is 2.34. The van der Waals surface area contributed by atoms with E-state index in [2.05, 4.69) is 5.32 Å². The van der Waals surface area contributed by atoms with E-state index in [0.717, 1.165) is 9.87 Å². The molecule has 3 aromatic carbocycles. The lowest BCUT2D eigenvalue weighted by molar-refractivity contribution is -0.140. The largest absolute Gasteiger partial charge is 0.497 e. The number of benzene rings is 3. The number of aryl methyl sites for hydroxylation is 1. The number of sulfonamides is 1. The average Bonchev–Trinajstić information content (AvgIpc) is 2.93. The first kappa shape index (κ1) is 30.3. The van der Waals surface area contributed by atoms with Gasteiger partial charge in [-0.25, -0.2) is 8.42 Å². The van der Waals surface area contributed by atoms with Crippen molar-refractivity contribution in [3.63, 3.8) is 0 Å². The third kappa shape index (κ3) is 7.03. The molecule has 3 aromatic rings. The molecule has 0 unspecified atom stereocenters. The van der Waals surface area contributed by atoms with Crippen molar-refractivity contribution >= 4 is 50.7 Å². The third-order valence-corrected chi connectivity index (χ3v) is 8.77. The molecule has 0 aliphatic rings. The first-order chi connectivity index (χ1) is 18.5. The normalized spacial score (nSPS) is 11.9. The van der Waals surface area contributed by atoms with Gasteiger partial charge >= 0.3 is 0 Å². The van der Waals surface area contributed by atoms with E-state index in [1.807, 2.05) is 6.92 Å². The molecule has 2 amide bonds. The molecule has 8 nitrogen and oxygen atoms in total. The van der Waals surface area contributed by atoms with Crippen LogP contribution >= 0.6 is 23.2 Å². The monoisotopic (exact) mass is 591 g/mol. The molecule has 39 heavy (non-hydrogen) atoms. The van der Waals surface area contributed by atoms with E-state index in [1.165, 1.54) is 43.3 Å². The van der Waals surface area contributed by atoms with Crippen molar-refractivity contribution in [2.45, 2.75) is 37.8 Å². The first-order valence-electron chi connectivity index (χ1n) is 12.2. The molecular weight excluding hydrogens is 561 g/mol. The zero-order chi connectivity index (χ0) is 28.7. The number of carbonyl (C=O) groups is 2. The lowest BCUT2D eigenvalue weighted by Gasteiger charge is -2.33. The number of likely N-dealkylation sites (N-methyl/N-ethyl adjacent to an activating group) is 1. The van der Waals surface area contributed by atoms with Crippen LogP contribution in [0.1, 0.15) is 24.5 Å². The van der Waals surface area contributed by atoms with E-state index in [0.29, 0.717) is 27.0 Å². The lowest BCUT2D eigenvalue weighted by Crippen LogP contribution is -2.51. The van der Waals surface area contributed by atoms with E-state index in [1.54, 1.807) is 49.4 Å². The molecule has 0 aliphatic heterocycles. The highest BCUT2D eigenvalue weighted by Crippen LogP contribution is 2.29. The Morgan fingerprint density at radius 2 is 1.56 bits per heavy atom. The van der Waals surface area contributed by atoms with Gasteiger partial charge in [0.1, 0.15) is 18.3 Å². The number of anilines is 1. The van der Waals surface area contributed by atoms with Gasteiger partial charge in [-0.3, -0.25) is 13.9 Å². The fourth-order valence-corrected chi connectivity index (χ4v) is 5.99. The van der Waals surface area contributed by atoms with Crippen molar-refractivity contribution in [1.29, 1.82) is 0 Å². The van der Waals surface area contributed by atoms with E-state index in [-0.39, 0.29) is 17.9 Å². The quantitative estimate of drug-likeness (QED) is 0.336. The zero-order valence-corrected chi connectivity index (χ0v) is 24.5. The average molecular weight is 593 g/mol. The number of amides is 2. The molecule has 3 rings (SSSR count). The second-order valence-electron chi connectivity index (χ2n) is 8.78. The fraction of sp³-hybridized carbons (Fsp3) is 0.286. The minimum atomic E-state index is -4.19. The third-order valence-electron chi connectivity index (χ3n) is 6.27. The SMILES string of the molecule is CC[C@H](C(=O)NC)N(Cc1c(Cl)cccc1Cl)C(=O)CN(c1ccc(C)cc1)S(=O)(=O)c1ccc(OC)cc1. The maximum absolute atomic E-state index is 14.0. The minimum Gasteiger partial charge on any atom is -0.497 e. The summed E-state index contributed by atoms with van der Waals surface area (Å²) in [6.07, 6.45) is 0.281. The summed E-state index contributed by atoms with van der Waals surface area (Å²) in [5.74, 6) is -0.501. The number of carbonyl (C=O) groups excluding carboxylic acids is 2. The Hall–Kier alpha value is -3.27. The smallest absolute Gasteiger partial charge is 0.264 e. The van der Waals surface area contributed by atoms with Gasteiger partial charge in [0.05, 0.1) is 17.7 Å². The molecule has 0 saturated heterocycles. The maximum Gasteiger partial charge on any atom is 0.264 e. The molecule has 0 saturated carbocycles. The Morgan fingerprint density at radius 3 is 2.08 bits per heavy atom. The van der Waals surface area contributed by atoms with Crippen LogP contribution in [0.15, 0.2) is 71.6 Å². The van der Waals surface area contributed by atoms with Crippen molar-refractivity contribution in [2.24, 2.45) is 0 Å². The van der Waals surface area contributed by atoms with Crippen molar-refractivity contribution in [1.82, 2.24) is 10.2 Å². The predicted octanol–water partition coefficient (Wildman–Crippen LogP) is 5.06. The highest BCUT2D eigenvalue weighted by atomic mass is 35.5. The highest BCUT2D eigenvalue weighted by molar-refractivity contribution is 7.92. The molecule has 1 N–H and O–H groups in total. The number of hydrogen-bond donors (Lipinski definition) is 1. The molecule has 0 aromatic heterocycles. The molecular formula is C28H31Cl2N3O5S. The zero-order valence-electron chi connectivity index (χ0n) is 22.1. The van der Waals surface area contributed by atoms with Gasteiger partial charge in [-0.15, -0.1) is 0 Å². The molecule has 0 bridgehead atoms. The molecule has 0 heterocycles. The molecule has 11 heteroatoms. The van der Waals surface area contributed by atoms with Crippen LogP contribution in [0, 0.1) is 6.92 Å². The van der Waals surface area contributed by atoms with E-state index >= 15 is 0 Å². The molecule has 0 aliphatic carbocycles. The van der Waals surface area contributed by atoms with Gasteiger partial charge in [-0.1, -0.05) is 53.9 Å². The number of nitrogens with zero attached hydrogens (tertiary/aromatic N) is 2. The van der Waals surface area contributed by atoms with Gasteiger partial charge in [-0.05, 0) is 61.9 Å². The van der Waals surface area contributed by atoms with Crippen LogP contribution in [0.5, 0.6) is 5.75 Å². The minimum absolute atomic E-state index is 0.0179. The Labute approximate surface area is 239 Å². The van der Waals surface area contributed by atoms with Gasteiger partial charge in [0, 0.05) is 29.2 Å². The summed E-state index contributed by atoms with van der Waals surface area (Å²) in [6, 6.07) is 16.8. The van der Waals surface area contributed by atoms with Gasteiger partial charge in [-0.2, -0.15) is 0 Å². The van der Waals surface area contributed by atoms with Crippen molar-refractivity contribution in [3.8, 4) is 5.75 Å². The predicted molar refractivity (Wildman–Crippen MR) is 154 cm³/mol. The fourth-order valence-electron chi connectivity index (χ4n) is 4.05. The summed E-state index contributed by atoms with van der Waals surface area (Å²) in [7, 11) is -1.23. The Balaban J connectivity index is 2.09. The van der Waals surface area contributed by atoms with Gasteiger partial charge < -0.3 is 15.0 Å². The number of ether oxygens (including phenoxy) is 1. The summed E-state index contributed by atoms with van der Waals surface area (Å²) < 4.78 is 33.9. The van der Waals surface area contributed by atoms with Crippen molar-refractivity contribution in [2.75, 3.05) is 25.0 Å². The Morgan fingerprint density at radius 1 is 0.974 bits per heavy atom. The first-order valence-corrected chi connectivity index (χ1v) is 14.4. The summed E-state index contributed by atoms with van der Waals surface area (Å²) in [6.45, 7) is 2.99. The molecule has 0 fully saturated rings. The van der Waals surface area contributed by atoms with Gasteiger partial charge in [0.2, 0.25) is 11.8 Å². The van der Waals surface area contributed by atoms with E-state index in [9.17, 15) is 18.0 Å². The van der Waals surface area contributed by atoms with Crippen LogP contribution in [0.4, 0.5) is 5.69 Å². The van der Waals surface area contributed by atoms with Crippen LogP contribution in [0.3, 0.4) is 0 Å². The standard InChI is InChI=1S/C28H31Cl2N3O5S/c1-5-26(28(35)31-3)32(17-23-24(29)7-6-8-25(23)30)27(34)18-33(20-11-9-19(2)10-12-20)39(36,37)22-15-13-21(38-4)14-16-22/h6-16,26H,5,17-18H2,1-4H3,(H,31,35)/t26-/m1/s1. The molecule has 0 spiro atoms. The van der Waals surface area contributed by atoms with Crippen LogP contribution < -0.4 is 14.4 Å². The number of methoxy groups -OCH3 is 1.